The SMILES string of the molecule is CC(C)(CCc1ccccc1)NC(=O)c1cc(S)cs1. The van der Waals surface area contributed by atoms with Crippen LogP contribution in [0.1, 0.15) is 35.5 Å². The average molecular weight is 305 g/mol. The van der Waals surface area contributed by atoms with Crippen LogP contribution in [0, 0.1) is 0 Å². The van der Waals surface area contributed by atoms with E-state index in [9.17, 15) is 4.79 Å². The van der Waals surface area contributed by atoms with Crippen molar-refractivity contribution in [2.75, 3.05) is 0 Å². The van der Waals surface area contributed by atoms with Crippen molar-refractivity contribution in [2.45, 2.75) is 37.1 Å². The van der Waals surface area contributed by atoms with Gasteiger partial charge in [0.1, 0.15) is 0 Å². The molecule has 0 aliphatic heterocycles. The fraction of sp³-hybridized carbons (Fsp3) is 0.312. The molecule has 0 spiro atoms. The van der Waals surface area contributed by atoms with Crippen molar-refractivity contribution in [3.8, 4) is 0 Å². The van der Waals surface area contributed by atoms with Gasteiger partial charge in [0, 0.05) is 15.8 Å². The molecular weight excluding hydrogens is 286 g/mol. The van der Waals surface area contributed by atoms with Crippen molar-refractivity contribution in [1.82, 2.24) is 5.32 Å². The molecule has 1 heterocycles. The first-order valence-corrected chi connectivity index (χ1v) is 7.93. The summed E-state index contributed by atoms with van der Waals surface area (Å²) in [7, 11) is 0. The monoisotopic (exact) mass is 305 g/mol. The van der Waals surface area contributed by atoms with E-state index in [0.717, 1.165) is 17.7 Å². The van der Waals surface area contributed by atoms with Gasteiger partial charge in [-0.1, -0.05) is 30.3 Å². The molecule has 106 valence electrons. The van der Waals surface area contributed by atoms with E-state index < -0.39 is 0 Å². The molecule has 2 aromatic rings. The van der Waals surface area contributed by atoms with Crippen molar-refractivity contribution >= 4 is 29.9 Å². The number of rotatable bonds is 5. The Kier molecular flexibility index (Phi) is 4.89. The Hall–Kier alpha value is -1.26. The summed E-state index contributed by atoms with van der Waals surface area (Å²) < 4.78 is 0. The van der Waals surface area contributed by atoms with Crippen LogP contribution < -0.4 is 5.32 Å². The maximum absolute atomic E-state index is 12.2. The molecule has 0 unspecified atom stereocenters. The van der Waals surface area contributed by atoms with Gasteiger partial charge >= 0.3 is 0 Å². The third-order valence-corrected chi connectivity index (χ3v) is 4.50. The Bertz CT molecular complexity index is 575. The lowest BCUT2D eigenvalue weighted by atomic mass is 9.95. The number of thiophene rings is 1. The van der Waals surface area contributed by atoms with Gasteiger partial charge in [0.15, 0.2) is 0 Å². The minimum absolute atomic E-state index is 0.0200. The molecule has 0 saturated heterocycles. The van der Waals surface area contributed by atoms with Crippen molar-refractivity contribution < 1.29 is 4.79 Å². The first-order valence-electron chi connectivity index (χ1n) is 6.60. The van der Waals surface area contributed by atoms with Crippen LogP contribution in [0.25, 0.3) is 0 Å². The molecule has 4 heteroatoms. The maximum atomic E-state index is 12.2. The summed E-state index contributed by atoms with van der Waals surface area (Å²) in [6.07, 6.45) is 1.86. The summed E-state index contributed by atoms with van der Waals surface area (Å²) in [6.45, 7) is 4.12. The van der Waals surface area contributed by atoms with E-state index in [0.29, 0.717) is 4.88 Å². The lowest BCUT2D eigenvalue weighted by Gasteiger charge is -2.26. The number of carbonyl (C=O) groups excluding carboxylic acids is 1. The maximum Gasteiger partial charge on any atom is 0.261 e. The zero-order valence-electron chi connectivity index (χ0n) is 11.7. The average Bonchev–Trinajstić information content (AvgIpc) is 2.84. The van der Waals surface area contributed by atoms with Crippen LogP contribution in [0.15, 0.2) is 46.7 Å². The molecule has 2 rings (SSSR count). The highest BCUT2D eigenvalue weighted by Crippen LogP contribution is 2.20. The lowest BCUT2D eigenvalue weighted by molar-refractivity contribution is 0.0913. The van der Waals surface area contributed by atoms with Gasteiger partial charge < -0.3 is 5.32 Å². The van der Waals surface area contributed by atoms with Crippen LogP contribution in [0.3, 0.4) is 0 Å². The van der Waals surface area contributed by atoms with Crippen molar-refractivity contribution in [3.05, 3.63) is 52.2 Å². The van der Waals surface area contributed by atoms with E-state index in [4.69, 9.17) is 0 Å². The van der Waals surface area contributed by atoms with Gasteiger partial charge in [-0.2, -0.15) is 0 Å². The first-order chi connectivity index (χ1) is 9.46. The number of thiol groups is 1. The summed E-state index contributed by atoms with van der Waals surface area (Å²) in [6, 6.07) is 12.1. The second-order valence-corrected chi connectivity index (χ2v) is 6.92. The minimum Gasteiger partial charge on any atom is -0.346 e. The second kappa shape index (κ2) is 6.46. The normalized spacial score (nSPS) is 11.3. The molecule has 0 aliphatic rings. The number of carbonyl (C=O) groups is 1. The van der Waals surface area contributed by atoms with E-state index in [2.05, 4.69) is 43.9 Å². The quantitative estimate of drug-likeness (QED) is 0.797. The molecule has 20 heavy (non-hydrogen) atoms. The molecule has 2 nitrogen and oxygen atoms in total. The summed E-state index contributed by atoms with van der Waals surface area (Å²) in [5.41, 5.74) is 1.07. The summed E-state index contributed by atoms with van der Waals surface area (Å²) >= 11 is 5.66. The Morgan fingerprint density at radius 1 is 1.30 bits per heavy atom. The highest BCUT2D eigenvalue weighted by atomic mass is 32.1. The Morgan fingerprint density at radius 3 is 2.60 bits per heavy atom. The van der Waals surface area contributed by atoms with E-state index in [1.54, 1.807) is 6.07 Å². The number of benzene rings is 1. The highest BCUT2D eigenvalue weighted by molar-refractivity contribution is 7.80. The molecule has 1 N–H and O–H groups in total. The molecule has 1 aromatic carbocycles. The van der Waals surface area contributed by atoms with E-state index >= 15 is 0 Å². The first kappa shape index (κ1) is 15.1. The molecule has 0 bridgehead atoms. The van der Waals surface area contributed by atoms with Gasteiger partial charge in [0.05, 0.1) is 4.88 Å². The van der Waals surface area contributed by atoms with Gasteiger partial charge in [-0.05, 0) is 38.3 Å². The standard InChI is InChI=1S/C16H19NOS2/c1-16(2,9-8-12-6-4-3-5-7-12)17-15(18)14-10-13(19)11-20-14/h3-7,10-11,19H,8-9H2,1-2H3,(H,17,18). The lowest BCUT2D eigenvalue weighted by Crippen LogP contribution is -2.43. The van der Waals surface area contributed by atoms with Crippen LogP contribution in [0.5, 0.6) is 0 Å². The van der Waals surface area contributed by atoms with Gasteiger partial charge in [-0.3, -0.25) is 4.79 Å². The predicted octanol–water partition coefficient (Wildman–Crippen LogP) is 4.18. The zero-order chi connectivity index (χ0) is 14.6. The second-order valence-electron chi connectivity index (χ2n) is 5.49. The molecule has 0 atom stereocenters. The van der Waals surface area contributed by atoms with E-state index in [-0.39, 0.29) is 11.4 Å². The van der Waals surface area contributed by atoms with E-state index in [1.807, 2.05) is 23.6 Å². The number of aryl methyl sites for hydroxylation is 1. The molecule has 1 amide bonds. The number of nitrogens with one attached hydrogen (secondary N) is 1. The zero-order valence-corrected chi connectivity index (χ0v) is 13.4. The Labute approximate surface area is 129 Å². The smallest absolute Gasteiger partial charge is 0.261 e. The summed E-state index contributed by atoms with van der Waals surface area (Å²) in [5, 5.41) is 4.96. The van der Waals surface area contributed by atoms with E-state index in [1.165, 1.54) is 16.9 Å². The minimum atomic E-state index is -0.228. The van der Waals surface area contributed by atoms with Gasteiger partial charge in [0.25, 0.3) is 5.91 Å². The van der Waals surface area contributed by atoms with Crippen molar-refractivity contribution in [2.24, 2.45) is 0 Å². The number of hydrogen-bond acceptors (Lipinski definition) is 3. The topological polar surface area (TPSA) is 29.1 Å². The van der Waals surface area contributed by atoms with Crippen molar-refractivity contribution in [1.29, 1.82) is 0 Å². The van der Waals surface area contributed by atoms with Gasteiger partial charge in [0.2, 0.25) is 0 Å². The third kappa shape index (κ3) is 4.39. The molecule has 0 saturated carbocycles. The van der Waals surface area contributed by atoms with Crippen molar-refractivity contribution in [3.63, 3.8) is 0 Å². The Balaban J connectivity index is 1.92. The summed E-state index contributed by atoms with van der Waals surface area (Å²) in [5.74, 6) is -0.0200. The number of hydrogen-bond donors (Lipinski definition) is 2. The fourth-order valence-electron chi connectivity index (χ4n) is 1.98. The summed E-state index contributed by atoms with van der Waals surface area (Å²) in [4.78, 5) is 13.7. The predicted molar refractivity (Wildman–Crippen MR) is 87.9 cm³/mol. The molecular formula is C16H19NOS2. The molecule has 0 aliphatic carbocycles. The Morgan fingerprint density at radius 2 is 2.00 bits per heavy atom. The largest absolute Gasteiger partial charge is 0.346 e. The fourth-order valence-corrected chi connectivity index (χ4v) is 3.02. The van der Waals surface area contributed by atoms with Crippen LogP contribution in [0.2, 0.25) is 0 Å². The van der Waals surface area contributed by atoms with Crippen LogP contribution in [0.4, 0.5) is 0 Å². The molecule has 0 fully saturated rings. The molecule has 0 radical (unpaired) electrons. The van der Waals surface area contributed by atoms with Crippen LogP contribution in [-0.2, 0) is 6.42 Å². The third-order valence-electron chi connectivity index (χ3n) is 3.14. The van der Waals surface area contributed by atoms with Crippen LogP contribution in [-0.4, -0.2) is 11.4 Å². The van der Waals surface area contributed by atoms with Gasteiger partial charge in [-0.25, -0.2) is 0 Å². The van der Waals surface area contributed by atoms with Crippen LogP contribution >= 0.6 is 24.0 Å². The van der Waals surface area contributed by atoms with Gasteiger partial charge in [-0.15, -0.1) is 24.0 Å². The molecule has 1 aromatic heterocycles. The highest BCUT2D eigenvalue weighted by Gasteiger charge is 2.21. The number of amides is 1.